The highest BCUT2D eigenvalue weighted by Crippen LogP contribution is 2.39. The third kappa shape index (κ3) is 3.42. The van der Waals surface area contributed by atoms with Crippen molar-refractivity contribution in [1.29, 1.82) is 0 Å². The molecule has 2 aliphatic rings. The summed E-state index contributed by atoms with van der Waals surface area (Å²) in [6.07, 6.45) is 3.12. The average molecular weight is 347 g/mol. The third-order valence-corrected chi connectivity index (χ3v) is 4.76. The van der Waals surface area contributed by atoms with Crippen LogP contribution in [0.1, 0.15) is 41.5 Å². The molecule has 0 N–H and O–H groups in total. The Bertz CT molecular complexity index is 746. The summed E-state index contributed by atoms with van der Waals surface area (Å²) < 4.78 is 32.1. The van der Waals surface area contributed by atoms with Gasteiger partial charge in [0.2, 0.25) is 0 Å². The van der Waals surface area contributed by atoms with Crippen molar-refractivity contribution in [3.63, 3.8) is 0 Å². The van der Waals surface area contributed by atoms with E-state index in [4.69, 9.17) is 4.74 Å². The van der Waals surface area contributed by atoms with Gasteiger partial charge in [0.05, 0.1) is 12.6 Å². The van der Waals surface area contributed by atoms with Crippen LogP contribution >= 0.6 is 0 Å². The van der Waals surface area contributed by atoms with Gasteiger partial charge >= 0.3 is 6.55 Å². The van der Waals surface area contributed by atoms with Crippen molar-refractivity contribution < 1.29 is 18.3 Å². The van der Waals surface area contributed by atoms with Gasteiger partial charge in [-0.05, 0) is 30.4 Å². The molecule has 2 aromatic rings. The fourth-order valence-corrected chi connectivity index (χ4v) is 3.26. The molecule has 2 fully saturated rings. The second kappa shape index (κ2) is 6.55. The van der Waals surface area contributed by atoms with Crippen LogP contribution in [0.2, 0.25) is 0 Å². The summed E-state index contributed by atoms with van der Waals surface area (Å²) in [5.74, 6) is 0.148. The highest BCUT2D eigenvalue weighted by molar-refractivity contribution is 5.92. The number of morpholine rings is 1. The largest absolute Gasteiger partial charge is 0.366 e. The van der Waals surface area contributed by atoms with Gasteiger partial charge in [0, 0.05) is 12.7 Å². The van der Waals surface area contributed by atoms with Gasteiger partial charge in [-0.3, -0.25) is 4.79 Å². The van der Waals surface area contributed by atoms with Crippen LogP contribution < -0.4 is 0 Å². The quantitative estimate of drug-likeness (QED) is 0.853. The van der Waals surface area contributed by atoms with Crippen LogP contribution in [0, 0.1) is 5.92 Å². The maximum Gasteiger partial charge on any atom is 0.333 e. The van der Waals surface area contributed by atoms with E-state index < -0.39 is 6.55 Å². The van der Waals surface area contributed by atoms with Crippen LogP contribution in [0.5, 0.6) is 0 Å². The van der Waals surface area contributed by atoms with E-state index in [0.717, 1.165) is 24.6 Å². The topological polar surface area (TPSA) is 47.4 Å². The first-order chi connectivity index (χ1) is 12.1. The molecule has 2 heterocycles. The molecule has 0 radical (unpaired) electrons. The molecule has 1 saturated heterocycles. The number of ether oxygens (including phenoxy) is 1. The lowest BCUT2D eigenvalue weighted by Gasteiger charge is -2.38. The second-order valence-electron chi connectivity index (χ2n) is 6.58. The summed E-state index contributed by atoms with van der Waals surface area (Å²) in [5, 5.41) is 3.70. The lowest BCUT2D eigenvalue weighted by molar-refractivity contribution is -0.0865. The zero-order chi connectivity index (χ0) is 17.4. The van der Waals surface area contributed by atoms with Gasteiger partial charge in [-0.2, -0.15) is 13.9 Å². The fourth-order valence-electron chi connectivity index (χ4n) is 3.26. The number of amides is 1. The van der Waals surface area contributed by atoms with Crippen molar-refractivity contribution in [1.82, 2.24) is 14.7 Å². The molecule has 4 rings (SSSR count). The molecule has 5 nitrogen and oxygen atoms in total. The SMILES string of the molecule is O=C(c1ccn(C(F)F)n1)N1C[C@@H](c2ccccc2)O[C@@H](C2CC2)C1. The van der Waals surface area contributed by atoms with E-state index in [2.05, 4.69) is 5.10 Å². The van der Waals surface area contributed by atoms with Crippen LogP contribution in [0.3, 0.4) is 0 Å². The molecule has 1 aliphatic heterocycles. The molecule has 25 heavy (non-hydrogen) atoms. The minimum atomic E-state index is -2.75. The van der Waals surface area contributed by atoms with E-state index in [0.29, 0.717) is 23.7 Å². The molecular weight excluding hydrogens is 328 g/mol. The van der Waals surface area contributed by atoms with Crippen molar-refractivity contribution >= 4 is 5.91 Å². The zero-order valence-corrected chi connectivity index (χ0v) is 13.6. The molecule has 0 spiro atoms. The minimum absolute atomic E-state index is 0.0138. The lowest BCUT2D eigenvalue weighted by atomic mass is 10.0. The highest BCUT2D eigenvalue weighted by Gasteiger charge is 2.40. The number of carbonyl (C=O) groups excluding carboxylic acids is 1. The van der Waals surface area contributed by atoms with Crippen molar-refractivity contribution in [2.24, 2.45) is 5.92 Å². The summed E-state index contributed by atoms with van der Waals surface area (Å²) in [5.41, 5.74) is 1.06. The zero-order valence-electron chi connectivity index (χ0n) is 13.6. The molecule has 1 aromatic carbocycles. The first-order valence-electron chi connectivity index (χ1n) is 8.45. The Balaban J connectivity index is 1.55. The standard InChI is InChI=1S/C18H19F2N3O2/c19-18(20)23-9-8-14(21-23)17(24)22-10-15(12-4-2-1-3-5-12)25-16(11-22)13-6-7-13/h1-5,8-9,13,15-16,18H,6-7,10-11H2/t15-,16+/m0/s1. The highest BCUT2D eigenvalue weighted by atomic mass is 19.3. The number of nitrogens with zero attached hydrogens (tertiary/aromatic N) is 3. The van der Waals surface area contributed by atoms with Crippen LogP contribution in [0.15, 0.2) is 42.6 Å². The molecule has 1 amide bonds. The summed E-state index contributed by atoms with van der Waals surface area (Å²) in [6.45, 7) is -1.87. The predicted molar refractivity (Wildman–Crippen MR) is 86.2 cm³/mol. The van der Waals surface area contributed by atoms with Gasteiger partial charge < -0.3 is 9.64 Å². The molecule has 1 aliphatic carbocycles. The fraction of sp³-hybridized carbons (Fsp3) is 0.444. The Kier molecular flexibility index (Phi) is 4.25. The Morgan fingerprint density at radius 1 is 1.16 bits per heavy atom. The number of hydrogen-bond acceptors (Lipinski definition) is 3. The number of hydrogen-bond donors (Lipinski definition) is 0. The number of halogens is 2. The van der Waals surface area contributed by atoms with E-state index in [-0.39, 0.29) is 23.8 Å². The molecule has 0 bridgehead atoms. The number of alkyl halides is 2. The molecule has 1 saturated carbocycles. The Morgan fingerprint density at radius 2 is 1.92 bits per heavy atom. The van der Waals surface area contributed by atoms with Crippen molar-refractivity contribution in [3.05, 3.63) is 53.9 Å². The molecule has 132 valence electrons. The van der Waals surface area contributed by atoms with Crippen LogP contribution in [0.4, 0.5) is 8.78 Å². The molecule has 1 aromatic heterocycles. The van der Waals surface area contributed by atoms with E-state index in [1.165, 1.54) is 6.07 Å². The normalized spacial score (nSPS) is 23.9. The minimum Gasteiger partial charge on any atom is -0.366 e. The van der Waals surface area contributed by atoms with Gasteiger partial charge in [0.25, 0.3) is 5.91 Å². The Labute approximate surface area is 144 Å². The molecule has 2 atom stereocenters. The predicted octanol–water partition coefficient (Wildman–Crippen LogP) is 3.27. The number of benzene rings is 1. The summed E-state index contributed by atoms with van der Waals surface area (Å²) in [6, 6.07) is 11.1. The van der Waals surface area contributed by atoms with E-state index in [1.807, 2.05) is 30.3 Å². The number of carbonyl (C=O) groups is 1. The van der Waals surface area contributed by atoms with Crippen LogP contribution in [0.25, 0.3) is 0 Å². The lowest BCUT2D eigenvalue weighted by Crippen LogP contribution is -2.47. The van der Waals surface area contributed by atoms with Crippen LogP contribution in [-0.2, 0) is 4.74 Å². The van der Waals surface area contributed by atoms with Crippen molar-refractivity contribution in [2.45, 2.75) is 31.6 Å². The Morgan fingerprint density at radius 3 is 2.56 bits per heavy atom. The summed E-state index contributed by atoms with van der Waals surface area (Å²) in [4.78, 5) is 14.4. The average Bonchev–Trinajstić information content (AvgIpc) is 3.37. The van der Waals surface area contributed by atoms with E-state index >= 15 is 0 Å². The molecule has 0 unspecified atom stereocenters. The first-order valence-corrected chi connectivity index (χ1v) is 8.45. The maximum absolute atomic E-state index is 12.8. The van der Waals surface area contributed by atoms with Gasteiger partial charge in [-0.25, -0.2) is 4.68 Å². The maximum atomic E-state index is 12.8. The molecule has 7 heteroatoms. The van der Waals surface area contributed by atoms with Gasteiger partial charge in [0.1, 0.15) is 6.10 Å². The summed E-state index contributed by atoms with van der Waals surface area (Å²) in [7, 11) is 0. The van der Waals surface area contributed by atoms with Gasteiger partial charge in [0.15, 0.2) is 5.69 Å². The van der Waals surface area contributed by atoms with E-state index in [1.54, 1.807) is 4.90 Å². The van der Waals surface area contributed by atoms with Crippen molar-refractivity contribution in [2.75, 3.05) is 13.1 Å². The smallest absolute Gasteiger partial charge is 0.333 e. The molecular formula is C18H19F2N3O2. The Hall–Kier alpha value is -2.28. The van der Waals surface area contributed by atoms with E-state index in [9.17, 15) is 13.6 Å². The second-order valence-corrected chi connectivity index (χ2v) is 6.58. The summed E-state index contributed by atoms with van der Waals surface area (Å²) >= 11 is 0. The van der Waals surface area contributed by atoms with Crippen LogP contribution in [-0.4, -0.2) is 39.8 Å². The number of aromatic nitrogens is 2. The van der Waals surface area contributed by atoms with Crippen molar-refractivity contribution in [3.8, 4) is 0 Å². The third-order valence-electron chi connectivity index (χ3n) is 4.76. The van der Waals surface area contributed by atoms with Gasteiger partial charge in [-0.15, -0.1) is 0 Å². The van der Waals surface area contributed by atoms with Gasteiger partial charge in [-0.1, -0.05) is 30.3 Å². The number of rotatable bonds is 4. The monoisotopic (exact) mass is 347 g/mol. The first kappa shape index (κ1) is 16.2.